The standard InChI is InChI=1S/C14H24N2O2/c15-8-11-2-1-3-12(11)13(17)16-6-4-14(9-16)5-7-18-10-14/h11-12H,1-10,15H2/t11-,12-,14?/m1/s1. The Morgan fingerprint density at radius 3 is 3.00 bits per heavy atom. The molecule has 3 rings (SSSR count). The van der Waals surface area contributed by atoms with Crippen LogP contribution in [0.5, 0.6) is 0 Å². The van der Waals surface area contributed by atoms with Gasteiger partial charge in [-0.05, 0) is 38.1 Å². The van der Waals surface area contributed by atoms with Gasteiger partial charge < -0.3 is 15.4 Å². The summed E-state index contributed by atoms with van der Waals surface area (Å²) < 4.78 is 5.52. The Morgan fingerprint density at radius 2 is 2.28 bits per heavy atom. The lowest BCUT2D eigenvalue weighted by atomic mass is 9.87. The first-order chi connectivity index (χ1) is 8.74. The number of amides is 1. The first kappa shape index (κ1) is 12.4. The van der Waals surface area contributed by atoms with Crippen LogP contribution in [0.1, 0.15) is 32.1 Å². The quantitative estimate of drug-likeness (QED) is 0.797. The van der Waals surface area contributed by atoms with E-state index < -0.39 is 0 Å². The van der Waals surface area contributed by atoms with E-state index in [2.05, 4.69) is 4.90 Å². The third-order valence-corrected chi connectivity index (χ3v) is 5.21. The number of carbonyl (C=O) groups is 1. The molecule has 3 atom stereocenters. The van der Waals surface area contributed by atoms with Crippen molar-refractivity contribution in [2.24, 2.45) is 23.0 Å². The van der Waals surface area contributed by atoms with Crippen LogP contribution in [0.4, 0.5) is 0 Å². The van der Waals surface area contributed by atoms with Crippen molar-refractivity contribution in [3.63, 3.8) is 0 Å². The fourth-order valence-corrected chi connectivity index (χ4v) is 3.97. The number of rotatable bonds is 2. The molecule has 2 aliphatic heterocycles. The summed E-state index contributed by atoms with van der Waals surface area (Å²) in [4.78, 5) is 14.7. The molecule has 3 aliphatic rings. The average Bonchev–Trinajstić information content (AvgIpc) is 3.11. The van der Waals surface area contributed by atoms with E-state index in [1.807, 2.05) is 0 Å². The number of likely N-dealkylation sites (tertiary alicyclic amines) is 1. The summed E-state index contributed by atoms with van der Waals surface area (Å²) in [5.41, 5.74) is 6.07. The maximum atomic E-state index is 12.6. The molecule has 4 nitrogen and oxygen atoms in total. The fourth-order valence-electron chi connectivity index (χ4n) is 3.97. The van der Waals surface area contributed by atoms with E-state index in [-0.39, 0.29) is 11.3 Å². The van der Waals surface area contributed by atoms with Gasteiger partial charge in [0, 0.05) is 31.0 Å². The maximum Gasteiger partial charge on any atom is 0.226 e. The minimum Gasteiger partial charge on any atom is -0.381 e. The van der Waals surface area contributed by atoms with Crippen molar-refractivity contribution in [3.05, 3.63) is 0 Å². The summed E-state index contributed by atoms with van der Waals surface area (Å²) >= 11 is 0. The van der Waals surface area contributed by atoms with Crippen LogP contribution < -0.4 is 5.73 Å². The molecule has 0 radical (unpaired) electrons. The van der Waals surface area contributed by atoms with Crippen molar-refractivity contribution in [1.29, 1.82) is 0 Å². The summed E-state index contributed by atoms with van der Waals surface area (Å²) in [5.74, 6) is 0.994. The minimum absolute atomic E-state index is 0.201. The minimum atomic E-state index is 0.201. The van der Waals surface area contributed by atoms with Crippen molar-refractivity contribution in [3.8, 4) is 0 Å². The zero-order chi connectivity index (χ0) is 12.6. The van der Waals surface area contributed by atoms with Crippen LogP contribution >= 0.6 is 0 Å². The highest BCUT2D eigenvalue weighted by Gasteiger charge is 2.45. The number of ether oxygens (including phenoxy) is 1. The number of nitrogens with two attached hydrogens (primary N) is 1. The molecule has 4 heteroatoms. The lowest BCUT2D eigenvalue weighted by Gasteiger charge is -2.26. The van der Waals surface area contributed by atoms with Gasteiger partial charge in [0.2, 0.25) is 5.91 Å². The molecule has 1 saturated carbocycles. The van der Waals surface area contributed by atoms with E-state index in [1.54, 1.807) is 0 Å². The molecule has 2 heterocycles. The predicted octanol–water partition coefficient (Wildman–Crippen LogP) is 1.00. The molecular weight excluding hydrogens is 228 g/mol. The van der Waals surface area contributed by atoms with Crippen molar-refractivity contribution in [2.45, 2.75) is 32.1 Å². The van der Waals surface area contributed by atoms with Crippen LogP contribution in [0.25, 0.3) is 0 Å². The maximum absolute atomic E-state index is 12.6. The molecule has 18 heavy (non-hydrogen) atoms. The van der Waals surface area contributed by atoms with E-state index in [0.29, 0.717) is 18.4 Å². The summed E-state index contributed by atoms with van der Waals surface area (Å²) in [6.07, 6.45) is 5.59. The fraction of sp³-hybridized carbons (Fsp3) is 0.929. The molecule has 1 spiro atoms. The molecule has 2 saturated heterocycles. The Balaban J connectivity index is 1.63. The van der Waals surface area contributed by atoms with Gasteiger partial charge >= 0.3 is 0 Å². The topological polar surface area (TPSA) is 55.6 Å². The molecular formula is C14H24N2O2. The third kappa shape index (κ3) is 2.05. The Hall–Kier alpha value is -0.610. The van der Waals surface area contributed by atoms with Gasteiger partial charge in [-0.1, -0.05) is 6.42 Å². The van der Waals surface area contributed by atoms with Crippen LogP contribution in [0.15, 0.2) is 0 Å². The number of hydrogen-bond donors (Lipinski definition) is 1. The van der Waals surface area contributed by atoms with E-state index in [4.69, 9.17) is 10.5 Å². The highest BCUT2D eigenvalue weighted by Crippen LogP contribution is 2.40. The van der Waals surface area contributed by atoms with E-state index in [0.717, 1.165) is 52.0 Å². The third-order valence-electron chi connectivity index (χ3n) is 5.21. The first-order valence-corrected chi connectivity index (χ1v) is 7.31. The molecule has 3 fully saturated rings. The second kappa shape index (κ2) is 4.82. The van der Waals surface area contributed by atoms with Crippen LogP contribution in [-0.2, 0) is 9.53 Å². The second-order valence-corrected chi connectivity index (χ2v) is 6.35. The molecule has 1 amide bonds. The van der Waals surface area contributed by atoms with Gasteiger partial charge in [-0.2, -0.15) is 0 Å². The van der Waals surface area contributed by atoms with Crippen LogP contribution in [0, 0.1) is 17.3 Å². The highest BCUT2D eigenvalue weighted by atomic mass is 16.5. The first-order valence-electron chi connectivity index (χ1n) is 7.31. The van der Waals surface area contributed by atoms with Gasteiger partial charge in [0.1, 0.15) is 0 Å². The van der Waals surface area contributed by atoms with Crippen molar-refractivity contribution < 1.29 is 9.53 Å². The average molecular weight is 252 g/mol. The van der Waals surface area contributed by atoms with E-state index >= 15 is 0 Å². The molecule has 0 bridgehead atoms. The number of nitrogens with zero attached hydrogens (tertiary/aromatic N) is 1. The lowest BCUT2D eigenvalue weighted by molar-refractivity contribution is -0.135. The second-order valence-electron chi connectivity index (χ2n) is 6.35. The summed E-state index contributed by atoms with van der Waals surface area (Å²) in [6, 6.07) is 0. The molecule has 0 aromatic heterocycles. The summed E-state index contributed by atoms with van der Waals surface area (Å²) in [6.45, 7) is 4.23. The molecule has 102 valence electrons. The van der Waals surface area contributed by atoms with Crippen molar-refractivity contribution in [1.82, 2.24) is 4.90 Å². The van der Waals surface area contributed by atoms with Gasteiger partial charge in [-0.3, -0.25) is 4.79 Å². The van der Waals surface area contributed by atoms with Crippen LogP contribution in [-0.4, -0.2) is 43.7 Å². The van der Waals surface area contributed by atoms with Gasteiger partial charge in [-0.25, -0.2) is 0 Å². The van der Waals surface area contributed by atoms with Crippen molar-refractivity contribution >= 4 is 5.91 Å². The Morgan fingerprint density at radius 1 is 1.39 bits per heavy atom. The monoisotopic (exact) mass is 252 g/mol. The number of hydrogen-bond acceptors (Lipinski definition) is 3. The van der Waals surface area contributed by atoms with E-state index in [1.165, 1.54) is 6.42 Å². The Labute approximate surface area is 109 Å². The Bertz CT molecular complexity index is 326. The summed E-state index contributed by atoms with van der Waals surface area (Å²) in [7, 11) is 0. The molecule has 0 aromatic carbocycles. The van der Waals surface area contributed by atoms with Gasteiger partial charge in [0.05, 0.1) is 6.61 Å². The van der Waals surface area contributed by atoms with Gasteiger partial charge in [0.25, 0.3) is 0 Å². The highest BCUT2D eigenvalue weighted by molar-refractivity contribution is 5.79. The molecule has 1 aliphatic carbocycles. The van der Waals surface area contributed by atoms with Crippen molar-refractivity contribution in [2.75, 3.05) is 32.8 Å². The zero-order valence-electron chi connectivity index (χ0n) is 11.1. The van der Waals surface area contributed by atoms with Crippen LogP contribution in [0.2, 0.25) is 0 Å². The van der Waals surface area contributed by atoms with Crippen LogP contribution in [0.3, 0.4) is 0 Å². The van der Waals surface area contributed by atoms with E-state index in [9.17, 15) is 4.79 Å². The molecule has 2 N–H and O–H groups in total. The molecule has 1 unspecified atom stereocenters. The Kier molecular flexibility index (Phi) is 3.32. The lowest BCUT2D eigenvalue weighted by Crippen LogP contribution is -2.39. The predicted molar refractivity (Wildman–Crippen MR) is 69.0 cm³/mol. The largest absolute Gasteiger partial charge is 0.381 e. The normalized spacial score (nSPS) is 39.9. The smallest absolute Gasteiger partial charge is 0.226 e. The van der Waals surface area contributed by atoms with Gasteiger partial charge in [-0.15, -0.1) is 0 Å². The zero-order valence-corrected chi connectivity index (χ0v) is 11.1. The molecule has 0 aromatic rings. The number of carbonyl (C=O) groups excluding carboxylic acids is 1. The summed E-state index contributed by atoms with van der Waals surface area (Å²) in [5, 5.41) is 0. The SMILES string of the molecule is NC[C@H]1CCC[C@H]1C(=O)N1CCC2(CCOC2)C1. The van der Waals surface area contributed by atoms with Gasteiger partial charge in [0.15, 0.2) is 0 Å².